The predicted molar refractivity (Wildman–Crippen MR) is 82.0 cm³/mol. The monoisotopic (exact) mass is 299 g/mol. The minimum atomic E-state index is -0.390. The number of pyridine rings is 1. The molecule has 0 fully saturated rings. The van der Waals surface area contributed by atoms with Gasteiger partial charge in [0, 0.05) is 12.3 Å². The second-order valence-electron chi connectivity index (χ2n) is 6.14. The third kappa shape index (κ3) is 2.45. The van der Waals surface area contributed by atoms with Gasteiger partial charge in [0.1, 0.15) is 12.0 Å². The summed E-state index contributed by atoms with van der Waals surface area (Å²) in [4.78, 5) is 28.8. The van der Waals surface area contributed by atoms with Gasteiger partial charge in [-0.3, -0.25) is 13.8 Å². The van der Waals surface area contributed by atoms with Crippen LogP contribution in [-0.4, -0.2) is 23.7 Å². The van der Waals surface area contributed by atoms with Crippen molar-refractivity contribution < 1.29 is 0 Å². The summed E-state index contributed by atoms with van der Waals surface area (Å²) in [5, 5.41) is 4.12. The first-order valence-electron chi connectivity index (χ1n) is 6.98. The van der Waals surface area contributed by atoms with E-state index in [0.717, 1.165) is 0 Å². The molecular formula is C15H17N5O2. The third-order valence-corrected chi connectivity index (χ3v) is 3.33. The van der Waals surface area contributed by atoms with Crippen molar-refractivity contribution in [3.8, 4) is 0 Å². The van der Waals surface area contributed by atoms with Crippen LogP contribution in [0.25, 0.3) is 5.65 Å². The molecule has 0 aromatic carbocycles. The Hall–Kier alpha value is -2.70. The van der Waals surface area contributed by atoms with Gasteiger partial charge < -0.3 is 0 Å². The molecule has 0 spiro atoms. The Labute approximate surface area is 126 Å². The van der Waals surface area contributed by atoms with E-state index in [1.165, 1.54) is 26.0 Å². The van der Waals surface area contributed by atoms with E-state index in [-0.39, 0.29) is 17.8 Å². The molecule has 0 N–H and O–H groups in total. The molecule has 7 heteroatoms. The summed E-state index contributed by atoms with van der Waals surface area (Å²) in [7, 11) is 0. The molecule has 0 aliphatic rings. The minimum absolute atomic E-state index is 0.170. The Morgan fingerprint density at radius 2 is 1.95 bits per heavy atom. The zero-order valence-electron chi connectivity index (χ0n) is 12.7. The lowest BCUT2D eigenvalue weighted by Gasteiger charge is -2.16. The molecule has 0 radical (unpaired) electrons. The first-order chi connectivity index (χ1) is 10.4. The van der Waals surface area contributed by atoms with E-state index in [0.29, 0.717) is 11.3 Å². The summed E-state index contributed by atoms with van der Waals surface area (Å²) in [5.41, 5.74) is 0.311. The molecule has 0 saturated heterocycles. The number of fused-ring (bicyclic) bond motifs is 1. The lowest BCUT2D eigenvalue weighted by molar-refractivity contribution is 0.340. The van der Waals surface area contributed by atoms with Gasteiger partial charge in [-0.1, -0.05) is 6.07 Å². The van der Waals surface area contributed by atoms with Crippen LogP contribution in [0.5, 0.6) is 0 Å². The Morgan fingerprint density at radius 3 is 2.64 bits per heavy atom. The quantitative estimate of drug-likeness (QED) is 0.703. The normalized spacial score (nSPS) is 12.0. The Kier molecular flexibility index (Phi) is 3.20. The fourth-order valence-electron chi connectivity index (χ4n) is 2.26. The molecule has 0 bridgehead atoms. The zero-order valence-corrected chi connectivity index (χ0v) is 12.7. The van der Waals surface area contributed by atoms with Crippen molar-refractivity contribution in [1.82, 2.24) is 23.7 Å². The standard InChI is InChI=1S/C15H17N5O2/c1-15(2,3)20-14(22)18(10-16-20)9-11-8-13(21)19-7-5-4-6-12(19)17-11/h4-8,10H,9H2,1-3H3. The molecule has 22 heavy (non-hydrogen) atoms. The predicted octanol–water partition coefficient (Wildman–Crippen LogP) is 0.856. The number of rotatable bonds is 2. The molecule has 0 saturated carbocycles. The Balaban J connectivity index is 2.03. The maximum Gasteiger partial charge on any atom is 0.346 e. The summed E-state index contributed by atoms with van der Waals surface area (Å²) in [6.07, 6.45) is 3.14. The van der Waals surface area contributed by atoms with Crippen LogP contribution < -0.4 is 11.2 Å². The molecule has 3 aromatic heterocycles. The van der Waals surface area contributed by atoms with E-state index < -0.39 is 5.54 Å². The van der Waals surface area contributed by atoms with Gasteiger partial charge in [0.05, 0.1) is 17.8 Å². The van der Waals surface area contributed by atoms with Crippen molar-refractivity contribution in [3.05, 3.63) is 63.3 Å². The fourth-order valence-corrected chi connectivity index (χ4v) is 2.26. The van der Waals surface area contributed by atoms with Crippen molar-refractivity contribution in [2.24, 2.45) is 0 Å². The lowest BCUT2D eigenvalue weighted by atomic mass is 10.1. The van der Waals surface area contributed by atoms with Crippen LogP contribution in [0.3, 0.4) is 0 Å². The molecule has 3 aromatic rings. The number of hydrogen-bond acceptors (Lipinski definition) is 4. The second kappa shape index (κ2) is 4.94. The highest BCUT2D eigenvalue weighted by molar-refractivity contribution is 5.38. The first-order valence-corrected chi connectivity index (χ1v) is 6.98. The average molecular weight is 299 g/mol. The number of aromatic nitrogens is 5. The van der Waals surface area contributed by atoms with Crippen LogP contribution in [0.15, 0.2) is 46.4 Å². The topological polar surface area (TPSA) is 74.2 Å². The van der Waals surface area contributed by atoms with E-state index in [4.69, 9.17) is 0 Å². The SMILES string of the molecule is CC(C)(C)n1ncn(Cc2cc(=O)n3ccccc3n2)c1=O. The molecule has 3 heterocycles. The van der Waals surface area contributed by atoms with E-state index in [1.807, 2.05) is 26.8 Å². The van der Waals surface area contributed by atoms with Gasteiger partial charge in [0.2, 0.25) is 0 Å². The summed E-state index contributed by atoms with van der Waals surface area (Å²) in [6.45, 7) is 5.95. The van der Waals surface area contributed by atoms with Crippen LogP contribution in [0, 0.1) is 0 Å². The van der Waals surface area contributed by atoms with Gasteiger partial charge in [-0.05, 0) is 32.9 Å². The number of nitrogens with zero attached hydrogens (tertiary/aromatic N) is 5. The summed E-state index contributed by atoms with van der Waals surface area (Å²) in [6, 6.07) is 6.78. The highest BCUT2D eigenvalue weighted by Gasteiger charge is 2.18. The molecule has 0 aliphatic heterocycles. The molecule has 0 amide bonds. The maximum atomic E-state index is 12.3. The van der Waals surface area contributed by atoms with Gasteiger partial charge in [-0.2, -0.15) is 5.10 Å². The minimum Gasteiger partial charge on any atom is -0.275 e. The lowest BCUT2D eigenvalue weighted by Crippen LogP contribution is -2.36. The highest BCUT2D eigenvalue weighted by Crippen LogP contribution is 2.08. The molecule has 7 nitrogen and oxygen atoms in total. The third-order valence-electron chi connectivity index (χ3n) is 3.33. The van der Waals surface area contributed by atoms with Crippen molar-refractivity contribution >= 4 is 5.65 Å². The van der Waals surface area contributed by atoms with Gasteiger partial charge in [-0.15, -0.1) is 0 Å². The molecule has 0 unspecified atom stereocenters. The first kappa shape index (κ1) is 14.2. The van der Waals surface area contributed by atoms with Crippen LogP contribution in [0.2, 0.25) is 0 Å². The molecule has 0 atom stereocenters. The van der Waals surface area contributed by atoms with E-state index in [1.54, 1.807) is 18.3 Å². The second-order valence-corrected chi connectivity index (χ2v) is 6.14. The van der Waals surface area contributed by atoms with Gasteiger partial charge >= 0.3 is 5.69 Å². The molecule has 3 rings (SSSR count). The van der Waals surface area contributed by atoms with Gasteiger partial charge in [0.25, 0.3) is 5.56 Å². The zero-order chi connectivity index (χ0) is 15.9. The highest BCUT2D eigenvalue weighted by atomic mass is 16.2. The largest absolute Gasteiger partial charge is 0.346 e. The van der Waals surface area contributed by atoms with Crippen LogP contribution in [0.1, 0.15) is 26.5 Å². The Morgan fingerprint density at radius 1 is 1.18 bits per heavy atom. The van der Waals surface area contributed by atoms with E-state index >= 15 is 0 Å². The van der Waals surface area contributed by atoms with Crippen molar-refractivity contribution in [3.63, 3.8) is 0 Å². The van der Waals surface area contributed by atoms with Crippen molar-refractivity contribution in [1.29, 1.82) is 0 Å². The van der Waals surface area contributed by atoms with Crippen molar-refractivity contribution in [2.45, 2.75) is 32.9 Å². The van der Waals surface area contributed by atoms with Crippen LogP contribution in [-0.2, 0) is 12.1 Å². The molecule has 114 valence electrons. The summed E-state index contributed by atoms with van der Waals surface area (Å²) < 4.78 is 4.33. The molecule has 0 aliphatic carbocycles. The van der Waals surface area contributed by atoms with Crippen LogP contribution >= 0.6 is 0 Å². The maximum absolute atomic E-state index is 12.3. The number of hydrogen-bond donors (Lipinski definition) is 0. The summed E-state index contributed by atoms with van der Waals surface area (Å²) in [5.74, 6) is 0. The average Bonchev–Trinajstić information content (AvgIpc) is 2.80. The Bertz CT molecular complexity index is 943. The van der Waals surface area contributed by atoms with Gasteiger partial charge in [-0.25, -0.2) is 14.5 Å². The van der Waals surface area contributed by atoms with Crippen molar-refractivity contribution in [2.75, 3.05) is 0 Å². The van der Waals surface area contributed by atoms with E-state index in [9.17, 15) is 9.59 Å². The van der Waals surface area contributed by atoms with Crippen LogP contribution in [0.4, 0.5) is 0 Å². The smallest absolute Gasteiger partial charge is 0.275 e. The van der Waals surface area contributed by atoms with Gasteiger partial charge in [0.15, 0.2) is 0 Å². The summed E-state index contributed by atoms with van der Waals surface area (Å²) >= 11 is 0. The fraction of sp³-hybridized carbons (Fsp3) is 0.333. The molecular weight excluding hydrogens is 282 g/mol. The van der Waals surface area contributed by atoms with E-state index in [2.05, 4.69) is 10.1 Å².